The Hall–Kier alpha value is -1.53. The summed E-state index contributed by atoms with van der Waals surface area (Å²) >= 11 is 0. The van der Waals surface area contributed by atoms with Crippen LogP contribution in [0.5, 0.6) is 0 Å². The number of nitriles is 1. The van der Waals surface area contributed by atoms with Crippen molar-refractivity contribution in [1.29, 1.82) is 5.26 Å². The molecule has 0 aromatic heterocycles. The Morgan fingerprint density at radius 1 is 1.47 bits per heavy atom. The summed E-state index contributed by atoms with van der Waals surface area (Å²) in [6.45, 7) is 2.80. The monoisotopic (exact) mass is 230 g/mol. The van der Waals surface area contributed by atoms with Gasteiger partial charge in [0.1, 0.15) is 0 Å². The van der Waals surface area contributed by atoms with E-state index in [4.69, 9.17) is 10.00 Å². The molecule has 0 amide bonds. The third-order valence-electron chi connectivity index (χ3n) is 3.66. The number of aryl methyl sites for hydroxylation is 1. The fourth-order valence-electron chi connectivity index (χ4n) is 2.19. The van der Waals surface area contributed by atoms with Crippen molar-refractivity contribution in [1.82, 2.24) is 0 Å². The van der Waals surface area contributed by atoms with E-state index in [9.17, 15) is 0 Å². The van der Waals surface area contributed by atoms with E-state index < -0.39 is 0 Å². The lowest BCUT2D eigenvalue weighted by molar-refractivity contribution is -0.0601. The number of benzene rings is 1. The molecule has 3 heteroatoms. The maximum Gasteiger partial charge on any atom is 0.0994 e. The zero-order chi connectivity index (χ0) is 12.3. The molecule has 17 heavy (non-hydrogen) atoms. The van der Waals surface area contributed by atoms with Crippen LogP contribution in [-0.2, 0) is 4.74 Å². The SMILES string of the molecule is COC1(CNc2ccc(C#N)c(C)c2)CCC1. The predicted molar refractivity (Wildman–Crippen MR) is 68.0 cm³/mol. The lowest BCUT2D eigenvalue weighted by Crippen LogP contribution is -2.45. The molecule has 0 atom stereocenters. The Morgan fingerprint density at radius 3 is 2.71 bits per heavy atom. The van der Waals surface area contributed by atoms with Crippen molar-refractivity contribution in [3.63, 3.8) is 0 Å². The molecule has 0 bridgehead atoms. The Balaban J connectivity index is 2.00. The van der Waals surface area contributed by atoms with E-state index >= 15 is 0 Å². The topological polar surface area (TPSA) is 45.0 Å². The standard InChI is InChI=1S/C14H18N2O/c1-11-8-13(5-4-12(11)9-15)16-10-14(17-2)6-3-7-14/h4-5,8,16H,3,6-7,10H2,1-2H3. The number of hydrogen-bond acceptors (Lipinski definition) is 3. The van der Waals surface area contributed by atoms with Crippen LogP contribution < -0.4 is 5.32 Å². The number of nitrogens with zero attached hydrogens (tertiary/aromatic N) is 1. The Morgan fingerprint density at radius 2 is 2.24 bits per heavy atom. The third-order valence-corrected chi connectivity index (χ3v) is 3.66. The molecule has 1 N–H and O–H groups in total. The molecule has 1 fully saturated rings. The smallest absolute Gasteiger partial charge is 0.0994 e. The highest BCUT2D eigenvalue weighted by atomic mass is 16.5. The average Bonchev–Trinajstić information content (AvgIpc) is 2.28. The summed E-state index contributed by atoms with van der Waals surface area (Å²) in [5, 5.41) is 12.3. The van der Waals surface area contributed by atoms with Crippen molar-refractivity contribution in [3.05, 3.63) is 29.3 Å². The van der Waals surface area contributed by atoms with Crippen LogP contribution >= 0.6 is 0 Å². The van der Waals surface area contributed by atoms with Gasteiger partial charge in [-0.2, -0.15) is 5.26 Å². The summed E-state index contributed by atoms with van der Waals surface area (Å²) in [5.41, 5.74) is 2.84. The minimum absolute atomic E-state index is 0.0296. The number of ether oxygens (including phenoxy) is 1. The molecule has 0 radical (unpaired) electrons. The van der Waals surface area contributed by atoms with Crippen molar-refractivity contribution in [3.8, 4) is 6.07 Å². The van der Waals surface area contributed by atoms with Crippen molar-refractivity contribution in [2.45, 2.75) is 31.8 Å². The van der Waals surface area contributed by atoms with Crippen LogP contribution in [0.15, 0.2) is 18.2 Å². The van der Waals surface area contributed by atoms with Crippen molar-refractivity contribution in [2.75, 3.05) is 19.0 Å². The highest BCUT2D eigenvalue weighted by molar-refractivity contribution is 5.51. The van der Waals surface area contributed by atoms with Crippen LogP contribution in [0.1, 0.15) is 30.4 Å². The molecule has 90 valence electrons. The van der Waals surface area contributed by atoms with Crippen LogP contribution in [0.25, 0.3) is 0 Å². The fraction of sp³-hybridized carbons (Fsp3) is 0.500. The predicted octanol–water partition coefficient (Wildman–Crippen LogP) is 2.85. The van der Waals surface area contributed by atoms with E-state index in [2.05, 4.69) is 11.4 Å². The highest BCUT2D eigenvalue weighted by Gasteiger charge is 2.36. The van der Waals surface area contributed by atoms with Crippen LogP contribution in [0, 0.1) is 18.3 Å². The lowest BCUT2D eigenvalue weighted by atomic mass is 9.80. The molecule has 0 aliphatic heterocycles. The maximum atomic E-state index is 8.86. The second kappa shape index (κ2) is 4.77. The molecular formula is C14H18N2O. The first-order valence-electron chi connectivity index (χ1n) is 5.99. The van der Waals surface area contributed by atoms with Gasteiger partial charge >= 0.3 is 0 Å². The second-order valence-electron chi connectivity index (χ2n) is 4.74. The molecular weight excluding hydrogens is 212 g/mol. The normalized spacial score (nSPS) is 17.0. The summed E-state index contributed by atoms with van der Waals surface area (Å²) in [7, 11) is 1.78. The van der Waals surface area contributed by atoms with Gasteiger partial charge in [0.25, 0.3) is 0 Å². The summed E-state index contributed by atoms with van der Waals surface area (Å²) in [6, 6.07) is 8.00. The molecule has 1 saturated carbocycles. The Labute approximate surface area is 102 Å². The summed E-state index contributed by atoms with van der Waals surface area (Å²) in [4.78, 5) is 0. The number of anilines is 1. The van der Waals surface area contributed by atoms with Gasteiger partial charge in [-0.15, -0.1) is 0 Å². The van der Waals surface area contributed by atoms with Gasteiger partial charge in [-0.05, 0) is 49.9 Å². The number of methoxy groups -OCH3 is 1. The van der Waals surface area contributed by atoms with Crippen molar-refractivity contribution >= 4 is 5.69 Å². The summed E-state index contributed by atoms with van der Waals surface area (Å²) < 4.78 is 5.56. The molecule has 0 saturated heterocycles. The van der Waals surface area contributed by atoms with Gasteiger partial charge in [0.2, 0.25) is 0 Å². The zero-order valence-corrected chi connectivity index (χ0v) is 10.4. The van der Waals surface area contributed by atoms with Crippen LogP contribution in [0.2, 0.25) is 0 Å². The average molecular weight is 230 g/mol. The molecule has 1 aliphatic carbocycles. The Kier molecular flexibility index (Phi) is 3.35. The van der Waals surface area contributed by atoms with E-state index in [1.165, 1.54) is 6.42 Å². The zero-order valence-electron chi connectivity index (χ0n) is 10.4. The van der Waals surface area contributed by atoms with Gasteiger partial charge in [-0.25, -0.2) is 0 Å². The van der Waals surface area contributed by atoms with Crippen molar-refractivity contribution in [2.24, 2.45) is 0 Å². The molecule has 1 aromatic rings. The minimum atomic E-state index is 0.0296. The maximum absolute atomic E-state index is 8.86. The Bertz CT molecular complexity index is 439. The number of nitrogens with one attached hydrogen (secondary N) is 1. The molecule has 0 spiro atoms. The number of rotatable bonds is 4. The van der Waals surface area contributed by atoms with Gasteiger partial charge in [0.05, 0.1) is 17.2 Å². The van der Waals surface area contributed by atoms with Crippen LogP contribution in [-0.4, -0.2) is 19.3 Å². The molecule has 2 rings (SSSR count). The highest BCUT2D eigenvalue weighted by Crippen LogP contribution is 2.35. The van der Waals surface area contributed by atoms with Gasteiger partial charge in [-0.3, -0.25) is 0 Å². The second-order valence-corrected chi connectivity index (χ2v) is 4.74. The van der Waals surface area contributed by atoms with Crippen molar-refractivity contribution < 1.29 is 4.74 Å². The lowest BCUT2D eigenvalue weighted by Gasteiger charge is -2.40. The first-order valence-corrected chi connectivity index (χ1v) is 5.99. The van der Waals surface area contributed by atoms with E-state index in [0.717, 1.165) is 36.2 Å². The number of hydrogen-bond donors (Lipinski definition) is 1. The molecule has 1 aromatic carbocycles. The summed E-state index contributed by atoms with van der Waals surface area (Å²) in [6.07, 6.45) is 3.51. The molecule has 0 unspecified atom stereocenters. The largest absolute Gasteiger partial charge is 0.382 e. The van der Waals surface area contributed by atoms with Gasteiger partial charge < -0.3 is 10.1 Å². The van der Waals surface area contributed by atoms with Crippen LogP contribution in [0.3, 0.4) is 0 Å². The quantitative estimate of drug-likeness (QED) is 0.865. The van der Waals surface area contributed by atoms with Crippen LogP contribution in [0.4, 0.5) is 5.69 Å². The first-order chi connectivity index (χ1) is 8.19. The molecule has 1 aliphatic rings. The molecule has 0 heterocycles. The first kappa shape index (κ1) is 11.9. The fourth-order valence-corrected chi connectivity index (χ4v) is 2.19. The summed E-state index contributed by atoms with van der Waals surface area (Å²) in [5.74, 6) is 0. The van der Waals surface area contributed by atoms with E-state index in [-0.39, 0.29) is 5.60 Å². The minimum Gasteiger partial charge on any atom is -0.382 e. The van der Waals surface area contributed by atoms with Gasteiger partial charge in [0, 0.05) is 19.3 Å². The van der Waals surface area contributed by atoms with E-state index in [1.807, 2.05) is 25.1 Å². The van der Waals surface area contributed by atoms with E-state index in [0.29, 0.717) is 0 Å². The molecule has 3 nitrogen and oxygen atoms in total. The van der Waals surface area contributed by atoms with E-state index in [1.54, 1.807) is 7.11 Å². The van der Waals surface area contributed by atoms with Gasteiger partial charge in [0.15, 0.2) is 0 Å². The third kappa shape index (κ3) is 2.42. The van der Waals surface area contributed by atoms with Gasteiger partial charge in [-0.1, -0.05) is 0 Å².